The van der Waals surface area contributed by atoms with Crippen molar-refractivity contribution in [1.82, 2.24) is 5.32 Å². The van der Waals surface area contributed by atoms with E-state index < -0.39 is 0 Å². The molecular weight excluding hydrogens is 174 g/mol. The summed E-state index contributed by atoms with van der Waals surface area (Å²) in [6.45, 7) is 4.38. The number of carbonyl (C=O) groups is 1. The zero-order valence-electron chi connectivity index (χ0n) is 8.93. The van der Waals surface area contributed by atoms with E-state index in [-0.39, 0.29) is 11.8 Å². The molecular formula is C12H21NO. The van der Waals surface area contributed by atoms with Crippen LogP contribution in [0.25, 0.3) is 0 Å². The zero-order chi connectivity index (χ0) is 10.2. The van der Waals surface area contributed by atoms with Gasteiger partial charge < -0.3 is 5.32 Å². The molecule has 14 heavy (non-hydrogen) atoms. The van der Waals surface area contributed by atoms with Gasteiger partial charge in [-0.3, -0.25) is 4.79 Å². The fourth-order valence-electron chi connectivity index (χ4n) is 1.98. The highest BCUT2D eigenvalue weighted by Crippen LogP contribution is 2.22. The molecule has 0 atom stereocenters. The van der Waals surface area contributed by atoms with Gasteiger partial charge in [0.2, 0.25) is 5.91 Å². The molecule has 1 aliphatic carbocycles. The summed E-state index contributed by atoms with van der Waals surface area (Å²) in [5, 5.41) is 2.97. The second-order valence-electron chi connectivity index (χ2n) is 4.06. The number of hydrogen-bond donors (Lipinski definition) is 1. The number of carbonyl (C=O) groups excluding carboxylic acids is 1. The van der Waals surface area contributed by atoms with Crippen LogP contribution in [0, 0.1) is 5.92 Å². The predicted molar refractivity (Wildman–Crippen MR) is 59.0 cm³/mol. The van der Waals surface area contributed by atoms with Crippen molar-refractivity contribution in [1.29, 1.82) is 0 Å². The first-order valence-corrected chi connectivity index (χ1v) is 5.73. The number of hydrogen-bond acceptors (Lipinski definition) is 1. The fraction of sp³-hybridized carbons (Fsp3) is 0.750. The second-order valence-corrected chi connectivity index (χ2v) is 4.06. The lowest BCUT2D eigenvalue weighted by Crippen LogP contribution is -2.31. The molecule has 0 aromatic rings. The largest absolute Gasteiger partial charge is 0.356 e. The molecule has 1 amide bonds. The minimum absolute atomic E-state index is 0.258. The van der Waals surface area contributed by atoms with Crippen LogP contribution in [0.1, 0.15) is 44.9 Å². The lowest BCUT2D eigenvalue weighted by molar-refractivity contribution is -0.125. The average Bonchev–Trinajstić information content (AvgIpc) is 2.46. The average molecular weight is 195 g/mol. The van der Waals surface area contributed by atoms with Gasteiger partial charge in [0.05, 0.1) is 0 Å². The van der Waals surface area contributed by atoms with Gasteiger partial charge in [-0.05, 0) is 19.3 Å². The van der Waals surface area contributed by atoms with Crippen molar-refractivity contribution < 1.29 is 4.79 Å². The highest BCUT2D eigenvalue weighted by Gasteiger charge is 2.18. The van der Waals surface area contributed by atoms with Crippen LogP contribution in [0.3, 0.4) is 0 Å². The Kier molecular flexibility index (Phi) is 5.35. The van der Waals surface area contributed by atoms with Gasteiger partial charge in [0.1, 0.15) is 0 Å². The molecule has 80 valence electrons. The highest BCUT2D eigenvalue weighted by atomic mass is 16.1. The van der Waals surface area contributed by atoms with Gasteiger partial charge in [-0.1, -0.05) is 31.8 Å². The second kappa shape index (κ2) is 6.63. The summed E-state index contributed by atoms with van der Waals surface area (Å²) in [5.41, 5.74) is 0. The molecule has 2 heteroatoms. The van der Waals surface area contributed by atoms with Crippen molar-refractivity contribution in [3.8, 4) is 0 Å². The first-order chi connectivity index (χ1) is 6.84. The molecule has 0 aliphatic heterocycles. The summed E-state index contributed by atoms with van der Waals surface area (Å²) in [4.78, 5) is 11.7. The Morgan fingerprint density at radius 1 is 1.29 bits per heavy atom. The van der Waals surface area contributed by atoms with E-state index in [1.807, 2.05) is 6.08 Å². The third-order valence-electron chi connectivity index (χ3n) is 2.87. The van der Waals surface area contributed by atoms with Gasteiger partial charge in [-0.25, -0.2) is 0 Å². The van der Waals surface area contributed by atoms with Gasteiger partial charge in [0, 0.05) is 12.5 Å². The van der Waals surface area contributed by atoms with Crippen LogP contribution in [0.5, 0.6) is 0 Å². The Labute approximate surface area is 86.8 Å². The van der Waals surface area contributed by atoms with Gasteiger partial charge in [0.25, 0.3) is 0 Å². The Balaban J connectivity index is 2.23. The molecule has 1 saturated carbocycles. The van der Waals surface area contributed by atoms with Crippen LogP contribution in [-0.2, 0) is 4.79 Å². The van der Waals surface area contributed by atoms with Crippen molar-refractivity contribution >= 4 is 5.91 Å². The molecule has 0 bridgehead atoms. The molecule has 0 radical (unpaired) electrons. The lowest BCUT2D eigenvalue weighted by atomic mass is 9.99. The third kappa shape index (κ3) is 3.95. The van der Waals surface area contributed by atoms with E-state index in [0.717, 1.165) is 25.8 Å². The van der Waals surface area contributed by atoms with Crippen molar-refractivity contribution in [2.24, 2.45) is 5.92 Å². The topological polar surface area (TPSA) is 29.1 Å². The van der Waals surface area contributed by atoms with Gasteiger partial charge in [0.15, 0.2) is 0 Å². The summed E-state index contributed by atoms with van der Waals surface area (Å²) in [6.07, 6.45) is 9.93. The van der Waals surface area contributed by atoms with E-state index in [0.29, 0.717) is 0 Å². The van der Waals surface area contributed by atoms with E-state index in [2.05, 4.69) is 11.9 Å². The van der Waals surface area contributed by atoms with E-state index in [1.165, 1.54) is 25.7 Å². The maximum Gasteiger partial charge on any atom is 0.223 e. The molecule has 0 heterocycles. The van der Waals surface area contributed by atoms with Crippen molar-refractivity contribution in [2.45, 2.75) is 44.9 Å². The summed E-state index contributed by atoms with van der Waals surface area (Å²) >= 11 is 0. The van der Waals surface area contributed by atoms with Crippen LogP contribution in [-0.4, -0.2) is 12.5 Å². The zero-order valence-corrected chi connectivity index (χ0v) is 8.93. The first-order valence-electron chi connectivity index (χ1n) is 5.73. The van der Waals surface area contributed by atoms with Crippen LogP contribution < -0.4 is 5.32 Å². The van der Waals surface area contributed by atoms with Crippen LogP contribution in [0.4, 0.5) is 0 Å². The minimum Gasteiger partial charge on any atom is -0.356 e. The monoisotopic (exact) mass is 195 g/mol. The number of rotatable bonds is 4. The molecule has 1 aliphatic rings. The van der Waals surface area contributed by atoms with E-state index in [9.17, 15) is 4.79 Å². The van der Waals surface area contributed by atoms with Gasteiger partial charge in [-0.2, -0.15) is 0 Å². The van der Waals surface area contributed by atoms with Crippen molar-refractivity contribution in [2.75, 3.05) is 6.54 Å². The normalized spacial score (nSPS) is 18.6. The smallest absolute Gasteiger partial charge is 0.223 e. The summed E-state index contributed by atoms with van der Waals surface area (Å²) in [6, 6.07) is 0. The summed E-state index contributed by atoms with van der Waals surface area (Å²) in [5.74, 6) is 0.538. The van der Waals surface area contributed by atoms with Crippen LogP contribution in [0.15, 0.2) is 12.7 Å². The molecule has 0 spiro atoms. The van der Waals surface area contributed by atoms with Gasteiger partial charge in [-0.15, -0.1) is 6.58 Å². The Bertz CT molecular complexity index is 181. The molecule has 0 aromatic carbocycles. The molecule has 0 saturated heterocycles. The molecule has 1 N–H and O–H groups in total. The maximum atomic E-state index is 11.7. The van der Waals surface area contributed by atoms with E-state index in [4.69, 9.17) is 0 Å². The van der Waals surface area contributed by atoms with Gasteiger partial charge >= 0.3 is 0 Å². The molecule has 0 unspecified atom stereocenters. The maximum absolute atomic E-state index is 11.7. The molecule has 1 rings (SSSR count). The number of nitrogens with one attached hydrogen (secondary N) is 1. The SMILES string of the molecule is C=CCCNC(=O)C1CCCCCC1. The highest BCUT2D eigenvalue weighted by molar-refractivity contribution is 5.78. The Hall–Kier alpha value is -0.790. The third-order valence-corrected chi connectivity index (χ3v) is 2.87. The Morgan fingerprint density at radius 3 is 2.50 bits per heavy atom. The standard InChI is InChI=1S/C12H21NO/c1-2-3-10-13-12(14)11-8-6-4-5-7-9-11/h2,11H,1,3-10H2,(H,13,14). The summed E-state index contributed by atoms with van der Waals surface area (Å²) in [7, 11) is 0. The molecule has 1 fully saturated rings. The predicted octanol–water partition coefficient (Wildman–Crippen LogP) is 2.65. The fourth-order valence-corrected chi connectivity index (χ4v) is 1.98. The summed E-state index contributed by atoms with van der Waals surface area (Å²) < 4.78 is 0. The van der Waals surface area contributed by atoms with Crippen LogP contribution >= 0.6 is 0 Å². The minimum atomic E-state index is 0.258. The van der Waals surface area contributed by atoms with Crippen molar-refractivity contribution in [3.05, 3.63) is 12.7 Å². The quantitative estimate of drug-likeness (QED) is 0.417. The number of amides is 1. The van der Waals surface area contributed by atoms with E-state index >= 15 is 0 Å². The molecule has 0 aromatic heterocycles. The first kappa shape index (κ1) is 11.3. The van der Waals surface area contributed by atoms with Crippen LogP contribution in [0.2, 0.25) is 0 Å². The van der Waals surface area contributed by atoms with E-state index in [1.54, 1.807) is 0 Å². The Morgan fingerprint density at radius 2 is 1.93 bits per heavy atom. The van der Waals surface area contributed by atoms with Crippen molar-refractivity contribution in [3.63, 3.8) is 0 Å². The lowest BCUT2D eigenvalue weighted by Gasteiger charge is -2.13. The molecule has 2 nitrogen and oxygen atoms in total.